The molecule has 0 fully saturated rings. The summed E-state index contributed by atoms with van der Waals surface area (Å²) in [7, 11) is 0. The second-order valence-electron chi connectivity index (χ2n) is 6.45. The molecule has 10 nitrogen and oxygen atoms in total. The van der Waals surface area contributed by atoms with E-state index in [1.807, 2.05) is 6.92 Å². The molecular weight excluding hydrogens is 420 g/mol. The highest BCUT2D eigenvalue weighted by Gasteiger charge is 2.16. The molecular formula is C20H20N6O4S. The number of hydrogen-bond acceptors (Lipinski definition) is 7. The van der Waals surface area contributed by atoms with Crippen LogP contribution in [0.5, 0.6) is 0 Å². The maximum atomic E-state index is 12.3. The molecule has 2 amide bonds. The van der Waals surface area contributed by atoms with Gasteiger partial charge in [0.15, 0.2) is 11.0 Å². The molecule has 1 heterocycles. The van der Waals surface area contributed by atoms with Crippen LogP contribution in [0.15, 0.2) is 53.7 Å². The van der Waals surface area contributed by atoms with Crippen LogP contribution in [0.4, 0.5) is 17.1 Å². The number of carbonyl (C=O) groups excluding carboxylic acids is 2. The van der Waals surface area contributed by atoms with Gasteiger partial charge >= 0.3 is 0 Å². The zero-order valence-electron chi connectivity index (χ0n) is 16.9. The number of nitro groups is 1. The standard InChI is InChI=1S/C20H20N6O4S/c1-3-25-19(14-5-4-6-17(11-14)26(29)30)23-24-20(25)31-12-18(28)22-16-9-7-15(8-10-16)21-13(2)27/h4-11H,3,12H2,1-2H3,(H,21,27)(H,22,28). The average Bonchev–Trinajstić information content (AvgIpc) is 3.16. The van der Waals surface area contributed by atoms with E-state index in [0.717, 1.165) is 0 Å². The lowest BCUT2D eigenvalue weighted by molar-refractivity contribution is -0.384. The van der Waals surface area contributed by atoms with Crippen molar-refractivity contribution in [2.45, 2.75) is 25.5 Å². The molecule has 0 bridgehead atoms. The largest absolute Gasteiger partial charge is 0.326 e. The maximum Gasteiger partial charge on any atom is 0.270 e. The number of benzene rings is 2. The molecule has 160 valence electrons. The molecule has 0 radical (unpaired) electrons. The second-order valence-corrected chi connectivity index (χ2v) is 7.40. The lowest BCUT2D eigenvalue weighted by Crippen LogP contribution is -2.14. The summed E-state index contributed by atoms with van der Waals surface area (Å²) < 4.78 is 1.80. The van der Waals surface area contributed by atoms with Crippen LogP contribution in [0.1, 0.15) is 13.8 Å². The van der Waals surface area contributed by atoms with E-state index in [0.29, 0.717) is 34.5 Å². The van der Waals surface area contributed by atoms with Crippen LogP contribution in [0, 0.1) is 10.1 Å². The predicted molar refractivity (Wildman–Crippen MR) is 118 cm³/mol. The Morgan fingerprint density at radius 3 is 2.39 bits per heavy atom. The number of nitrogens with one attached hydrogen (secondary N) is 2. The fraction of sp³-hybridized carbons (Fsp3) is 0.200. The van der Waals surface area contributed by atoms with E-state index < -0.39 is 4.92 Å². The monoisotopic (exact) mass is 440 g/mol. The van der Waals surface area contributed by atoms with Gasteiger partial charge in [0, 0.05) is 42.5 Å². The van der Waals surface area contributed by atoms with Gasteiger partial charge in [-0.25, -0.2) is 0 Å². The molecule has 2 N–H and O–H groups in total. The van der Waals surface area contributed by atoms with Gasteiger partial charge < -0.3 is 15.2 Å². The molecule has 0 aliphatic carbocycles. The topological polar surface area (TPSA) is 132 Å². The van der Waals surface area contributed by atoms with E-state index in [1.54, 1.807) is 41.0 Å². The smallest absolute Gasteiger partial charge is 0.270 e. The number of aromatic nitrogens is 3. The van der Waals surface area contributed by atoms with Crippen molar-refractivity contribution >= 4 is 40.6 Å². The van der Waals surface area contributed by atoms with Crippen molar-refractivity contribution in [3.05, 3.63) is 58.6 Å². The molecule has 11 heteroatoms. The molecule has 2 aromatic carbocycles. The zero-order valence-corrected chi connectivity index (χ0v) is 17.7. The second kappa shape index (κ2) is 9.85. The Bertz CT molecular complexity index is 1110. The van der Waals surface area contributed by atoms with E-state index in [4.69, 9.17) is 0 Å². The van der Waals surface area contributed by atoms with E-state index in [2.05, 4.69) is 20.8 Å². The van der Waals surface area contributed by atoms with Gasteiger partial charge in [-0.2, -0.15) is 0 Å². The first-order valence-corrected chi connectivity index (χ1v) is 10.3. The number of hydrogen-bond donors (Lipinski definition) is 2. The summed E-state index contributed by atoms with van der Waals surface area (Å²) in [6.45, 7) is 3.87. The molecule has 0 saturated carbocycles. The van der Waals surface area contributed by atoms with Gasteiger partial charge in [-0.05, 0) is 31.2 Å². The summed E-state index contributed by atoms with van der Waals surface area (Å²) in [5.41, 5.74) is 1.80. The molecule has 0 aliphatic rings. The third-order valence-electron chi connectivity index (χ3n) is 4.17. The number of carbonyl (C=O) groups is 2. The van der Waals surface area contributed by atoms with Crippen LogP contribution < -0.4 is 10.6 Å². The first-order chi connectivity index (χ1) is 14.9. The Labute approximate surface area is 182 Å². The first kappa shape index (κ1) is 22.0. The summed E-state index contributed by atoms with van der Waals surface area (Å²) in [6.07, 6.45) is 0. The maximum absolute atomic E-state index is 12.3. The third-order valence-corrected chi connectivity index (χ3v) is 5.14. The highest BCUT2D eigenvalue weighted by atomic mass is 32.2. The van der Waals surface area contributed by atoms with Gasteiger partial charge in [0.25, 0.3) is 5.69 Å². The summed E-state index contributed by atoms with van der Waals surface area (Å²) >= 11 is 1.22. The zero-order chi connectivity index (χ0) is 22.4. The molecule has 0 unspecified atom stereocenters. The van der Waals surface area contributed by atoms with E-state index in [9.17, 15) is 19.7 Å². The lowest BCUT2D eigenvalue weighted by Gasteiger charge is -2.08. The molecule has 31 heavy (non-hydrogen) atoms. The van der Waals surface area contributed by atoms with Gasteiger partial charge in [-0.1, -0.05) is 23.9 Å². The molecule has 0 spiro atoms. The minimum absolute atomic E-state index is 0.0266. The van der Waals surface area contributed by atoms with Crippen LogP contribution in [-0.4, -0.2) is 37.3 Å². The van der Waals surface area contributed by atoms with E-state index in [-0.39, 0.29) is 23.3 Å². The summed E-state index contributed by atoms with van der Waals surface area (Å²) in [4.78, 5) is 33.9. The quantitative estimate of drug-likeness (QED) is 0.311. The molecule has 0 aliphatic heterocycles. The molecule has 0 saturated heterocycles. The Kier molecular flexibility index (Phi) is 6.98. The van der Waals surface area contributed by atoms with Crippen molar-refractivity contribution in [1.29, 1.82) is 0 Å². The molecule has 3 rings (SSSR count). The number of nitro benzene ring substituents is 1. The number of amides is 2. The molecule has 1 aromatic heterocycles. The minimum Gasteiger partial charge on any atom is -0.326 e. The number of thioether (sulfide) groups is 1. The van der Waals surface area contributed by atoms with E-state index >= 15 is 0 Å². The molecule has 0 atom stereocenters. The SMILES string of the molecule is CCn1c(SCC(=O)Nc2ccc(NC(C)=O)cc2)nnc1-c1cccc([N+](=O)[O-])c1. The summed E-state index contributed by atoms with van der Waals surface area (Å²) in [6, 6.07) is 13.0. The van der Waals surface area contributed by atoms with Crippen molar-refractivity contribution in [3.8, 4) is 11.4 Å². The van der Waals surface area contributed by atoms with Gasteiger partial charge in [-0.3, -0.25) is 19.7 Å². The number of non-ortho nitro benzene ring substituents is 1. The number of nitrogens with zero attached hydrogens (tertiary/aromatic N) is 4. The number of rotatable bonds is 8. The van der Waals surface area contributed by atoms with E-state index in [1.165, 1.54) is 30.8 Å². The average molecular weight is 440 g/mol. The van der Waals surface area contributed by atoms with Crippen LogP contribution in [0.3, 0.4) is 0 Å². The van der Waals surface area contributed by atoms with Gasteiger partial charge in [0.1, 0.15) is 0 Å². The van der Waals surface area contributed by atoms with Crippen molar-refractivity contribution in [2.24, 2.45) is 0 Å². The Morgan fingerprint density at radius 2 is 1.77 bits per heavy atom. The fourth-order valence-corrected chi connectivity index (χ4v) is 3.62. The van der Waals surface area contributed by atoms with Gasteiger partial charge in [0.2, 0.25) is 11.8 Å². The van der Waals surface area contributed by atoms with Crippen molar-refractivity contribution in [3.63, 3.8) is 0 Å². The van der Waals surface area contributed by atoms with Gasteiger partial charge in [-0.15, -0.1) is 10.2 Å². The van der Waals surface area contributed by atoms with Crippen LogP contribution in [0.25, 0.3) is 11.4 Å². The lowest BCUT2D eigenvalue weighted by atomic mass is 10.2. The Balaban J connectivity index is 1.65. The van der Waals surface area contributed by atoms with Crippen LogP contribution in [0.2, 0.25) is 0 Å². The fourth-order valence-electron chi connectivity index (χ4n) is 2.82. The third kappa shape index (κ3) is 5.66. The molecule has 3 aromatic rings. The van der Waals surface area contributed by atoms with Crippen LogP contribution in [-0.2, 0) is 16.1 Å². The Morgan fingerprint density at radius 1 is 1.10 bits per heavy atom. The van der Waals surface area contributed by atoms with Crippen molar-refractivity contribution < 1.29 is 14.5 Å². The highest BCUT2D eigenvalue weighted by Crippen LogP contribution is 2.26. The summed E-state index contributed by atoms with van der Waals surface area (Å²) in [5, 5.41) is 25.3. The predicted octanol–water partition coefficient (Wildman–Crippen LogP) is 3.56. The van der Waals surface area contributed by atoms with Crippen molar-refractivity contribution in [1.82, 2.24) is 14.8 Å². The number of anilines is 2. The normalized spacial score (nSPS) is 10.5. The summed E-state index contributed by atoms with van der Waals surface area (Å²) in [5.74, 6) is 0.223. The van der Waals surface area contributed by atoms with Crippen LogP contribution >= 0.6 is 11.8 Å². The first-order valence-electron chi connectivity index (χ1n) is 9.35. The minimum atomic E-state index is -0.459. The Hall–Kier alpha value is -3.73. The van der Waals surface area contributed by atoms with Crippen molar-refractivity contribution in [2.75, 3.05) is 16.4 Å². The van der Waals surface area contributed by atoms with Gasteiger partial charge in [0.05, 0.1) is 10.7 Å². The highest BCUT2D eigenvalue weighted by molar-refractivity contribution is 7.99.